The molecule has 0 aromatic heterocycles. The van der Waals surface area contributed by atoms with Crippen molar-refractivity contribution >= 4 is 35.8 Å². The van der Waals surface area contributed by atoms with Gasteiger partial charge in [0.1, 0.15) is 5.75 Å². The summed E-state index contributed by atoms with van der Waals surface area (Å²) in [6, 6.07) is 5.39. The minimum absolute atomic E-state index is 0.0175. The molecule has 100 valence electrons. The number of benzene rings is 1. The number of rotatable bonds is 2. The van der Waals surface area contributed by atoms with E-state index in [9.17, 15) is 9.59 Å². The second-order valence-corrected chi connectivity index (χ2v) is 5.14. The van der Waals surface area contributed by atoms with Gasteiger partial charge in [-0.05, 0) is 23.8 Å². The summed E-state index contributed by atoms with van der Waals surface area (Å²) in [6.45, 7) is 0.705. The summed E-state index contributed by atoms with van der Waals surface area (Å²) in [5.74, 6) is 1.57. The van der Waals surface area contributed by atoms with E-state index in [1.165, 1.54) is 0 Å². The number of hydrogen-bond acceptors (Lipinski definition) is 4. The van der Waals surface area contributed by atoms with Crippen molar-refractivity contribution in [2.24, 2.45) is 5.92 Å². The van der Waals surface area contributed by atoms with E-state index in [-0.39, 0.29) is 18.4 Å². The molecule has 1 aromatic rings. The van der Waals surface area contributed by atoms with E-state index >= 15 is 0 Å². The third-order valence-electron chi connectivity index (χ3n) is 3.37. The Bertz CT molecular complexity index is 547. The van der Waals surface area contributed by atoms with Crippen LogP contribution in [0.15, 0.2) is 18.2 Å². The summed E-state index contributed by atoms with van der Waals surface area (Å²) in [4.78, 5) is 24.9. The number of anilines is 2. The molecule has 2 aliphatic heterocycles. The highest BCUT2D eigenvalue weighted by atomic mass is 32.1. The highest BCUT2D eigenvalue weighted by molar-refractivity contribution is 7.80. The number of nitrogens with one attached hydrogen (secondary N) is 1. The lowest BCUT2D eigenvalue weighted by Crippen LogP contribution is -2.27. The van der Waals surface area contributed by atoms with Gasteiger partial charge in [0.15, 0.2) is 6.61 Å². The Kier molecular flexibility index (Phi) is 3.10. The predicted molar refractivity (Wildman–Crippen MR) is 74.9 cm³/mol. The van der Waals surface area contributed by atoms with Gasteiger partial charge in [0.05, 0.1) is 5.69 Å². The number of carbonyl (C=O) groups is 2. The van der Waals surface area contributed by atoms with Crippen LogP contribution in [0.25, 0.3) is 0 Å². The van der Waals surface area contributed by atoms with Gasteiger partial charge >= 0.3 is 0 Å². The van der Waals surface area contributed by atoms with Crippen molar-refractivity contribution in [2.45, 2.75) is 6.42 Å². The monoisotopic (exact) mass is 278 g/mol. The van der Waals surface area contributed by atoms with Crippen LogP contribution in [0.3, 0.4) is 0 Å². The number of thiol groups is 1. The van der Waals surface area contributed by atoms with Crippen molar-refractivity contribution < 1.29 is 14.3 Å². The molecule has 1 saturated heterocycles. The molecule has 19 heavy (non-hydrogen) atoms. The molecule has 1 aromatic carbocycles. The molecular formula is C13H14N2O3S. The van der Waals surface area contributed by atoms with Crippen molar-refractivity contribution in [1.82, 2.24) is 0 Å². The second kappa shape index (κ2) is 4.77. The van der Waals surface area contributed by atoms with Crippen LogP contribution in [0.2, 0.25) is 0 Å². The van der Waals surface area contributed by atoms with Crippen molar-refractivity contribution in [2.75, 3.05) is 29.1 Å². The summed E-state index contributed by atoms with van der Waals surface area (Å²) in [6.07, 6.45) is 0.540. The predicted octanol–water partition coefficient (Wildman–Crippen LogP) is 1.30. The fourth-order valence-electron chi connectivity index (χ4n) is 2.38. The highest BCUT2D eigenvalue weighted by Gasteiger charge is 2.30. The van der Waals surface area contributed by atoms with Crippen LogP contribution in [0.5, 0.6) is 5.75 Å². The summed E-state index contributed by atoms with van der Waals surface area (Å²) in [5.41, 5.74) is 1.46. The minimum Gasteiger partial charge on any atom is -0.482 e. The quantitative estimate of drug-likeness (QED) is 0.802. The van der Waals surface area contributed by atoms with E-state index in [0.717, 1.165) is 5.69 Å². The molecule has 1 N–H and O–H groups in total. The number of ether oxygens (including phenoxy) is 1. The molecule has 1 atom stereocenters. The maximum Gasteiger partial charge on any atom is 0.262 e. The van der Waals surface area contributed by atoms with E-state index in [0.29, 0.717) is 36.1 Å². The maximum absolute atomic E-state index is 11.9. The van der Waals surface area contributed by atoms with Crippen molar-refractivity contribution in [1.29, 1.82) is 0 Å². The number of fused-ring (bicyclic) bond motifs is 1. The van der Waals surface area contributed by atoms with Crippen LogP contribution in [0.1, 0.15) is 6.42 Å². The van der Waals surface area contributed by atoms with Gasteiger partial charge in [0, 0.05) is 24.7 Å². The Morgan fingerprint density at radius 1 is 1.42 bits per heavy atom. The zero-order valence-electron chi connectivity index (χ0n) is 10.3. The molecule has 2 heterocycles. The van der Waals surface area contributed by atoms with Gasteiger partial charge in [-0.1, -0.05) is 0 Å². The summed E-state index contributed by atoms with van der Waals surface area (Å²) < 4.78 is 5.36. The van der Waals surface area contributed by atoms with Crippen LogP contribution in [0, 0.1) is 5.92 Å². The van der Waals surface area contributed by atoms with E-state index in [2.05, 4.69) is 17.9 Å². The third kappa shape index (κ3) is 2.28. The van der Waals surface area contributed by atoms with E-state index in [1.54, 1.807) is 17.0 Å². The van der Waals surface area contributed by atoms with E-state index in [1.807, 2.05) is 6.07 Å². The molecule has 0 spiro atoms. The van der Waals surface area contributed by atoms with Crippen molar-refractivity contribution in [3.63, 3.8) is 0 Å². The highest BCUT2D eigenvalue weighted by Crippen LogP contribution is 2.34. The van der Waals surface area contributed by atoms with Gasteiger partial charge in [0.25, 0.3) is 5.91 Å². The summed E-state index contributed by atoms with van der Waals surface area (Å²) in [7, 11) is 0. The second-order valence-electron chi connectivity index (χ2n) is 4.77. The number of nitrogens with zero attached hydrogens (tertiary/aromatic N) is 1. The fourth-order valence-corrected chi connectivity index (χ4v) is 2.63. The number of carbonyl (C=O) groups excluding carboxylic acids is 2. The van der Waals surface area contributed by atoms with Crippen LogP contribution < -0.4 is 15.0 Å². The van der Waals surface area contributed by atoms with Gasteiger partial charge in [-0.25, -0.2) is 0 Å². The molecule has 0 radical (unpaired) electrons. The Balaban J connectivity index is 1.86. The molecule has 2 aliphatic rings. The van der Waals surface area contributed by atoms with Crippen molar-refractivity contribution in [3.8, 4) is 5.75 Å². The summed E-state index contributed by atoms with van der Waals surface area (Å²) in [5, 5.41) is 2.73. The zero-order chi connectivity index (χ0) is 13.4. The molecule has 0 bridgehead atoms. The molecule has 0 aliphatic carbocycles. The Hall–Kier alpha value is -1.69. The average molecular weight is 278 g/mol. The Morgan fingerprint density at radius 3 is 3.00 bits per heavy atom. The molecule has 6 heteroatoms. The van der Waals surface area contributed by atoms with Gasteiger partial charge in [-0.2, -0.15) is 12.6 Å². The minimum atomic E-state index is -0.160. The zero-order valence-corrected chi connectivity index (χ0v) is 11.2. The standard InChI is InChI=1S/C13H14N2O3S/c16-12-6-18-11-4-9(1-2-10(11)14-12)15-5-8(7-19)3-13(15)17/h1-2,4,8,19H,3,5-7H2,(H,14,16). The van der Waals surface area contributed by atoms with Gasteiger partial charge < -0.3 is 15.0 Å². The first-order valence-corrected chi connectivity index (χ1v) is 6.78. The van der Waals surface area contributed by atoms with Gasteiger partial charge in [-0.15, -0.1) is 0 Å². The first kappa shape index (κ1) is 12.3. The lowest BCUT2D eigenvalue weighted by atomic mass is 10.1. The molecule has 1 unspecified atom stereocenters. The van der Waals surface area contributed by atoms with Crippen LogP contribution >= 0.6 is 12.6 Å². The van der Waals surface area contributed by atoms with Crippen LogP contribution in [-0.2, 0) is 9.59 Å². The first-order valence-electron chi connectivity index (χ1n) is 6.15. The number of hydrogen-bond donors (Lipinski definition) is 2. The number of amides is 2. The molecule has 5 nitrogen and oxygen atoms in total. The third-order valence-corrected chi connectivity index (χ3v) is 3.89. The van der Waals surface area contributed by atoms with Gasteiger partial charge in [-0.3, -0.25) is 9.59 Å². The first-order chi connectivity index (χ1) is 9.17. The topological polar surface area (TPSA) is 58.6 Å². The average Bonchev–Trinajstić information content (AvgIpc) is 2.79. The SMILES string of the molecule is O=C1COc2cc(N3CC(CS)CC3=O)ccc2N1. The summed E-state index contributed by atoms with van der Waals surface area (Å²) >= 11 is 4.25. The fraction of sp³-hybridized carbons (Fsp3) is 0.385. The van der Waals surface area contributed by atoms with Crippen molar-refractivity contribution in [3.05, 3.63) is 18.2 Å². The van der Waals surface area contributed by atoms with Gasteiger partial charge in [0.2, 0.25) is 5.91 Å². The lowest BCUT2D eigenvalue weighted by Gasteiger charge is -2.22. The Morgan fingerprint density at radius 2 is 2.26 bits per heavy atom. The maximum atomic E-state index is 11.9. The molecule has 2 amide bonds. The van der Waals surface area contributed by atoms with E-state index in [4.69, 9.17) is 4.74 Å². The molecule has 0 saturated carbocycles. The normalized spacial score (nSPS) is 21.9. The molecule has 1 fully saturated rings. The Labute approximate surface area is 116 Å². The smallest absolute Gasteiger partial charge is 0.262 e. The molecular weight excluding hydrogens is 264 g/mol. The molecule has 3 rings (SSSR count). The van der Waals surface area contributed by atoms with Crippen LogP contribution in [0.4, 0.5) is 11.4 Å². The van der Waals surface area contributed by atoms with E-state index < -0.39 is 0 Å². The van der Waals surface area contributed by atoms with Crippen LogP contribution in [-0.4, -0.2) is 30.7 Å². The lowest BCUT2D eigenvalue weighted by molar-refractivity contribution is -0.119. The largest absolute Gasteiger partial charge is 0.482 e.